The van der Waals surface area contributed by atoms with Gasteiger partial charge in [0.15, 0.2) is 0 Å². The standard InChI is InChI=1S/C10H11Cl2NO2/c11-8-2-1-7(5-9(8)12)10(6-13)14-3-4-15-10/h1-2,5H,3-4,6,13H2. The number of nitrogens with two attached hydrogens (primary N) is 1. The van der Waals surface area contributed by atoms with Crippen LogP contribution in [0.3, 0.4) is 0 Å². The summed E-state index contributed by atoms with van der Waals surface area (Å²) < 4.78 is 11.0. The third-order valence-electron chi connectivity index (χ3n) is 2.38. The fourth-order valence-corrected chi connectivity index (χ4v) is 1.89. The Balaban J connectivity index is 2.38. The molecule has 0 amide bonds. The Bertz CT molecular complexity index is 364. The maximum atomic E-state index is 5.93. The quantitative estimate of drug-likeness (QED) is 0.872. The summed E-state index contributed by atoms with van der Waals surface area (Å²) in [6, 6.07) is 5.25. The SMILES string of the molecule is NCC1(c2ccc(Cl)c(Cl)c2)OCCO1. The highest BCUT2D eigenvalue weighted by Gasteiger charge is 2.37. The van der Waals surface area contributed by atoms with E-state index >= 15 is 0 Å². The minimum absolute atomic E-state index is 0.255. The average molecular weight is 248 g/mol. The summed E-state index contributed by atoms with van der Waals surface area (Å²) in [7, 11) is 0. The molecule has 1 aliphatic rings. The second-order valence-corrected chi connectivity index (χ2v) is 4.10. The van der Waals surface area contributed by atoms with E-state index in [-0.39, 0.29) is 6.54 Å². The van der Waals surface area contributed by atoms with Gasteiger partial charge in [0, 0.05) is 5.56 Å². The van der Waals surface area contributed by atoms with Gasteiger partial charge in [-0.25, -0.2) is 0 Å². The molecule has 0 aromatic heterocycles. The Hall–Kier alpha value is -0.320. The zero-order valence-electron chi connectivity index (χ0n) is 8.00. The van der Waals surface area contributed by atoms with Crippen LogP contribution in [0.4, 0.5) is 0 Å². The molecule has 2 N–H and O–H groups in total. The lowest BCUT2D eigenvalue weighted by atomic mass is 10.1. The molecule has 0 radical (unpaired) electrons. The van der Waals surface area contributed by atoms with Crippen LogP contribution < -0.4 is 5.73 Å². The molecule has 1 aromatic carbocycles. The van der Waals surface area contributed by atoms with E-state index in [4.69, 9.17) is 38.4 Å². The van der Waals surface area contributed by atoms with Crippen LogP contribution in [0.1, 0.15) is 5.56 Å². The molecular formula is C10H11Cl2NO2. The van der Waals surface area contributed by atoms with E-state index < -0.39 is 5.79 Å². The maximum absolute atomic E-state index is 5.93. The van der Waals surface area contributed by atoms with Gasteiger partial charge in [-0.2, -0.15) is 0 Å². The third-order valence-corrected chi connectivity index (χ3v) is 3.12. The van der Waals surface area contributed by atoms with Crippen molar-refractivity contribution in [3.05, 3.63) is 33.8 Å². The molecular weight excluding hydrogens is 237 g/mol. The first-order chi connectivity index (χ1) is 7.18. The van der Waals surface area contributed by atoms with E-state index in [1.807, 2.05) is 6.07 Å². The van der Waals surface area contributed by atoms with E-state index in [2.05, 4.69) is 0 Å². The number of ether oxygens (including phenoxy) is 2. The van der Waals surface area contributed by atoms with E-state index in [1.54, 1.807) is 12.1 Å². The molecule has 0 unspecified atom stereocenters. The zero-order valence-corrected chi connectivity index (χ0v) is 9.52. The Morgan fingerprint density at radius 3 is 2.40 bits per heavy atom. The number of halogens is 2. The van der Waals surface area contributed by atoms with Gasteiger partial charge in [0.25, 0.3) is 0 Å². The molecule has 0 saturated carbocycles. The Morgan fingerprint density at radius 2 is 1.87 bits per heavy atom. The highest BCUT2D eigenvalue weighted by Crippen LogP contribution is 2.34. The predicted molar refractivity (Wildman–Crippen MR) is 59.1 cm³/mol. The van der Waals surface area contributed by atoms with Crippen LogP contribution in [0.15, 0.2) is 18.2 Å². The van der Waals surface area contributed by atoms with Gasteiger partial charge in [0.2, 0.25) is 5.79 Å². The molecule has 15 heavy (non-hydrogen) atoms. The summed E-state index contributed by atoms with van der Waals surface area (Å²) in [4.78, 5) is 0. The van der Waals surface area contributed by atoms with E-state index in [0.29, 0.717) is 23.3 Å². The Labute approximate surface area is 98.1 Å². The van der Waals surface area contributed by atoms with Crippen molar-refractivity contribution < 1.29 is 9.47 Å². The second kappa shape index (κ2) is 4.28. The van der Waals surface area contributed by atoms with E-state index in [1.165, 1.54) is 0 Å². The number of benzene rings is 1. The van der Waals surface area contributed by atoms with Crippen molar-refractivity contribution >= 4 is 23.2 Å². The molecule has 0 spiro atoms. The number of rotatable bonds is 2. The van der Waals surface area contributed by atoms with Crippen LogP contribution in [-0.2, 0) is 15.3 Å². The topological polar surface area (TPSA) is 44.5 Å². The fraction of sp³-hybridized carbons (Fsp3) is 0.400. The summed E-state index contributed by atoms with van der Waals surface area (Å²) in [5.74, 6) is -0.853. The Kier molecular flexibility index (Phi) is 3.19. The molecule has 0 aliphatic carbocycles. The normalized spacial score (nSPS) is 19.4. The van der Waals surface area contributed by atoms with Crippen molar-refractivity contribution in [2.45, 2.75) is 5.79 Å². The fourth-order valence-electron chi connectivity index (χ4n) is 1.59. The van der Waals surface area contributed by atoms with Gasteiger partial charge in [-0.3, -0.25) is 0 Å². The molecule has 0 bridgehead atoms. The van der Waals surface area contributed by atoms with Crippen molar-refractivity contribution in [2.24, 2.45) is 5.73 Å². The van der Waals surface area contributed by atoms with Gasteiger partial charge in [-0.1, -0.05) is 29.3 Å². The largest absolute Gasteiger partial charge is 0.342 e. The van der Waals surface area contributed by atoms with Gasteiger partial charge < -0.3 is 15.2 Å². The Morgan fingerprint density at radius 1 is 1.20 bits per heavy atom. The van der Waals surface area contributed by atoms with Gasteiger partial charge in [0.05, 0.1) is 29.8 Å². The molecule has 1 aromatic rings. The molecule has 5 heteroatoms. The molecule has 1 fully saturated rings. The lowest BCUT2D eigenvalue weighted by Gasteiger charge is -2.26. The minimum atomic E-state index is -0.853. The second-order valence-electron chi connectivity index (χ2n) is 3.28. The summed E-state index contributed by atoms with van der Waals surface area (Å²) >= 11 is 11.8. The van der Waals surface area contributed by atoms with Crippen molar-refractivity contribution in [3.63, 3.8) is 0 Å². The minimum Gasteiger partial charge on any atom is -0.342 e. The smallest absolute Gasteiger partial charge is 0.207 e. The van der Waals surface area contributed by atoms with Crippen molar-refractivity contribution in [2.75, 3.05) is 19.8 Å². The molecule has 0 atom stereocenters. The van der Waals surface area contributed by atoms with E-state index in [9.17, 15) is 0 Å². The highest BCUT2D eigenvalue weighted by molar-refractivity contribution is 6.42. The molecule has 1 heterocycles. The summed E-state index contributed by atoms with van der Waals surface area (Å²) in [5.41, 5.74) is 6.47. The maximum Gasteiger partial charge on any atom is 0.207 e. The van der Waals surface area contributed by atoms with E-state index in [0.717, 1.165) is 5.56 Å². The van der Waals surface area contributed by atoms with Crippen LogP contribution in [0.25, 0.3) is 0 Å². The number of hydrogen-bond acceptors (Lipinski definition) is 3. The van der Waals surface area contributed by atoms with Gasteiger partial charge in [-0.05, 0) is 12.1 Å². The van der Waals surface area contributed by atoms with Crippen molar-refractivity contribution in [1.29, 1.82) is 0 Å². The molecule has 2 rings (SSSR count). The lowest BCUT2D eigenvalue weighted by Crippen LogP contribution is -2.36. The molecule has 1 aliphatic heterocycles. The van der Waals surface area contributed by atoms with Gasteiger partial charge >= 0.3 is 0 Å². The lowest BCUT2D eigenvalue weighted by molar-refractivity contribution is -0.156. The third kappa shape index (κ3) is 1.98. The van der Waals surface area contributed by atoms with Crippen molar-refractivity contribution in [3.8, 4) is 0 Å². The molecule has 3 nitrogen and oxygen atoms in total. The number of hydrogen-bond donors (Lipinski definition) is 1. The van der Waals surface area contributed by atoms with Crippen LogP contribution >= 0.6 is 23.2 Å². The highest BCUT2D eigenvalue weighted by atomic mass is 35.5. The zero-order chi connectivity index (χ0) is 10.9. The summed E-state index contributed by atoms with van der Waals surface area (Å²) in [5, 5.41) is 0.978. The first-order valence-electron chi connectivity index (χ1n) is 4.61. The monoisotopic (exact) mass is 247 g/mol. The summed E-state index contributed by atoms with van der Waals surface area (Å²) in [6.45, 7) is 1.33. The molecule has 1 saturated heterocycles. The summed E-state index contributed by atoms with van der Waals surface area (Å²) in [6.07, 6.45) is 0. The predicted octanol–water partition coefficient (Wildman–Crippen LogP) is 2.15. The van der Waals surface area contributed by atoms with Gasteiger partial charge in [-0.15, -0.1) is 0 Å². The first kappa shape index (κ1) is 11.2. The van der Waals surface area contributed by atoms with Crippen LogP contribution in [0.5, 0.6) is 0 Å². The van der Waals surface area contributed by atoms with Crippen LogP contribution in [0.2, 0.25) is 10.0 Å². The van der Waals surface area contributed by atoms with Gasteiger partial charge in [0.1, 0.15) is 0 Å². The first-order valence-corrected chi connectivity index (χ1v) is 5.37. The van der Waals surface area contributed by atoms with Crippen LogP contribution in [-0.4, -0.2) is 19.8 Å². The van der Waals surface area contributed by atoms with Crippen molar-refractivity contribution in [1.82, 2.24) is 0 Å². The van der Waals surface area contributed by atoms with Crippen LogP contribution in [0, 0.1) is 0 Å². The molecule has 82 valence electrons. The average Bonchev–Trinajstić information content (AvgIpc) is 2.72.